The molecular formula is C19H29N5O2. The average Bonchev–Trinajstić information content (AvgIpc) is 3.30. The minimum atomic E-state index is 0.166. The van der Waals surface area contributed by atoms with Crippen molar-refractivity contribution in [2.45, 2.75) is 44.7 Å². The third-order valence-electron chi connectivity index (χ3n) is 6.56. The van der Waals surface area contributed by atoms with Gasteiger partial charge in [-0.05, 0) is 44.7 Å². The van der Waals surface area contributed by atoms with Gasteiger partial charge in [0.2, 0.25) is 11.8 Å². The number of carbonyl (C=O) groups excluding carboxylic acids is 2. The molecular weight excluding hydrogens is 330 g/mol. The molecule has 1 spiro atoms. The molecule has 0 bridgehead atoms. The first-order chi connectivity index (χ1) is 12.5. The summed E-state index contributed by atoms with van der Waals surface area (Å²) in [5.74, 6) is 0.494. The van der Waals surface area contributed by atoms with Gasteiger partial charge >= 0.3 is 0 Å². The summed E-state index contributed by atoms with van der Waals surface area (Å²) in [6, 6.07) is 0.380. The standard InChI is InChI=1S/C19H29N5O2/c1-21-8-3-16(12-21)24-14-19(4-2-17(24)25)5-9-23(10-6-19)18(26)13-22-11-7-20-15-22/h7,11,15-16H,2-6,8-10,12-14H2,1H3/t16-/m1/s1. The number of rotatable bonds is 3. The topological polar surface area (TPSA) is 61.7 Å². The van der Waals surface area contributed by atoms with Gasteiger partial charge in [0.15, 0.2) is 0 Å². The lowest BCUT2D eigenvalue weighted by Gasteiger charge is -2.49. The summed E-state index contributed by atoms with van der Waals surface area (Å²) < 4.78 is 1.82. The van der Waals surface area contributed by atoms with Crippen molar-refractivity contribution in [1.82, 2.24) is 24.3 Å². The Labute approximate surface area is 154 Å². The summed E-state index contributed by atoms with van der Waals surface area (Å²) in [4.78, 5) is 35.5. The molecule has 3 aliphatic heterocycles. The van der Waals surface area contributed by atoms with Crippen LogP contribution in [0.3, 0.4) is 0 Å². The Morgan fingerprint density at radius 3 is 2.73 bits per heavy atom. The fraction of sp³-hybridized carbons (Fsp3) is 0.737. The van der Waals surface area contributed by atoms with Crippen LogP contribution in [0.4, 0.5) is 0 Å². The zero-order valence-corrected chi connectivity index (χ0v) is 15.6. The van der Waals surface area contributed by atoms with Crippen molar-refractivity contribution in [2.75, 3.05) is 39.8 Å². The lowest BCUT2D eigenvalue weighted by Crippen LogP contribution is -2.55. The number of likely N-dealkylation sites (N-methyl/N-ethyl adjacent to an activating group) is 1. The molecule has 0 aliphatic carbocycles. The molecule has 3 fully saturated rings. The van der Waals surface area contributed by atoms with Crippen molar-refractivity contribution >= 4 is 11.8 Å². The van der Waals surface area contributed by atoms with Crippen LogP contribution in [0.1, 0.15) is 32.1 Å². The summed E-state index contributed by atoms with van der Waals surface area (Å²) in [5, 5.41) is 0. The number of hydrogen-bond acceptors (Lipinski definition) is 4. The van der Waals surface area contributed by atoms with Gasteiger partial charge in [-0.3, -0.25) is 9.59 Å². The van der Waals surface area contributed by atoms with Crippen LogP contribution >= 0.6 is 0 Å². The molecule has 0 saturated carbocycles. The van der Waals surface area contributed by atoms with Crippen molar-refractivity contribution < 1.29 is 9.59 Å². The Bertz CT molecular complexity index is 651. The fourth-order valence-electron chi connectivity index (χ4n) is 4.82. The van der Waals surface area contributed by atoms with Crippen molar-refractivity contribution in [3.8, 4) is 0 Å². The summed E-state index contributed by atoms with van der Waals surface area (Å²) in [6.45, 7) is 4.94. The van der Waals surface area contributed by atoms with Crippen LogP contribution in [0.5, 0.6) is 0 Å². The minimum absolute atomic E-state index is 0.166. The fourth-order valence-corrected chi connectivity index (χ4v) is 4.82. The number of carbonyl (C=O) groups is 2. The highest BCUT2D eigenvalue weighted by Crippen LogP contribution is 2.41. The third-order valence-corrected chi connectivity index (χ3v) is 6.56. The molecule has 26 heavy (non-hydrogen) atoms. The van der Waals surface area contributed by atoms with Crippen LogP contribution in [0.15, 0.2) is 18.7 Å². The van der Waals surface area contributed by atoms with E-state index in [0.717, 1.165) is 58.4 Å². The number of aromatic nitrogens is 2. The first-order valence-electron chi connectivity index (χ1n) is 9.76. The number of hydrogen-bond donors (Lipinski definition) is 0. The Morgan fingerprint density at radius 1 is 1.27 bits per heavy atom. The van der Waals surface area contributed by atoms with Gasteiger partial charge < -0.3 is 19.3 Å². The molecule has 7 heteroatoms. The monoisotopic (exact) mass is 359 g/mol. The zero-order valence-electron chi connectivity index (χ0n) is 15.6. The highest BCUT2D eigenvalue weighted by Gasteiger charge is 2.44. The molecule has 3 aliphatic rings. The number of likely N-dealkylation sites (tertiary alicyclic amines) is 3. The first-order valence-corrected chi connectivity index (χ1v) is 9.76. The molecule has 7 nitrogen and oxygen atoms in total. The van der Waals surface area contributed by atoms with E-state index in [2.05, 4.69) is 21.8 Å². The van der Waals surface area contributed by atoms with Gasteiger partial charge in [0.25, 0.3) is 0 Å². The predicted molar refractivity (Wildman–Crippen MR) is 97.3 cm³/mol. The van der Waals surface area contributed by atoms with E-state index in [1.807, 2.05) is 15.7 Å². The van der Waals surface area contributed by atoms with Crippen molar-refractivity contribution in [3.05, 3.63) is 18.7 Å². The van der Waals surface area contributed by atoms with E-state index >= 15 is 0 Å². The van der Waals surface area contributed by atoms with Gasteiger partial charge in [-0.1, -0.05) is 0 Å². The number of imidazole rings is 1. The smallest absolute Gasteiger partial charge is 0.242 e. The molecule has 4 rings (SSSR count). The second-order valence-electron chi connectivity index (χ2n) is 8.34. The highest BCUT2D eigenvalue weighted by molar-refractivity contribution is 5.78. The molecule has 0 unspecified atom stereocenters. The van der Waals surface area contributed by atoms with E-state index in [0.29, 0.717) is 24.9 Å². The molecule has 0 aromatic carbocycles. The largest absolute Gasteiger partial charge is 0.341 e. The van der Waals surface area contributed by atoms with E-state index in [1.54, 1.807) is 12.5 Å². The first kappa shape index (κ1) is 17.5. The van der Waals surface area contributed by atoms with Crippen LogP contribution in [0.2, 0.25) is 0 Å². The van der Waals surface area contributed by atoms with Gasteiger partial charge in [0, 0.05) is 51.0 Å². The number of piperidine rings is 2. The second-order valence-corrected chi connectivity index (χ2v) is 8.34. The van der Waals surface area contributed by atoms with Crippen molar-refractivity contribution in [1.29, 1.82) is 0 Å². The second kappa shape index (κ2) is 7.02. The van der Waals surface area contributed by atoms with E-state index < -0.39 is 0 Å². The van der Waals surface area contributed by atoms with Crippen LogP contribution in [0.25, 0.3) is 0 Å². The molecule has 1 aromatic rings. The summed E-state index contributed by atoms with van der Waals surface area (Å²) in [7, 11) is 2.13. The van der Waals surface area contributed by atoms with Gasteiger partial charge in [-0.25, -0.2) is 4.98 Å². The Hall–Kier alpha value is -1.89. The van der Waals surface area contributed by atoms with E-state index in [-0.39, 0.29) is 11.3 Å². The highest BCUT2D eigenvalue weighted by atomic mass is 16.2. The summed E-state index contributed by atoms with van der Waals surface area (Å²) in [5.41, 5.74) is 0.209. The maximum atomic E-state index is 12.5. The van der Waals surface area contributed by atoms with Crippen LogP contribution in [-0.2, 0) is 16.1 Å². The Morgan fingerprint density at radius 2 is 2.08 bits per heavy atom. The summed E-state index contributed by atoms with van der Waals surface area (Å²) in [6.07, 6.45) is 9.97. The normalized spacial score (nSPS) is 26.7. The number of nitrogens with zero attached hydrogens (tertiary/aromatic N) is 5. The van der Waals surface area contributed by atoms with E-state index in [1.165, 1.54) is 0 Å². The molecule has 1 atom stereocenters. The van der Waals surface area contributed by atoms with Crippen molar-refractivity contribution in [2.24, 2.45) is 5.41 Å². The molecule has 0 radical (unpaired) electrons. The van der Waals surface area contributed by atoms with Crippen LogP contribution < -0.4 is 0 Å². The maximum Gasteiger partial charge on any atom is 0.242 e. The third kappa shape index (κ3) is 3.49. The predicted octanol–water partition coefficient (Wildman–Crippen LogP) is 0.818. The van der Waals surface area contributed by atoms with E-state index in [9.17, 15) is 9.59 Å². The number of amides is 2. The SMILES string of the molecule is CN1CC[C@@H](N2CC3(CCC2=O)CCN(C(=O)Cn2ccnc2)CC3)C1. The van der Waals surface area contributed by atoms with Gasteiger partial charge in [0.1, 0.15) is 6.54 Å². The molecule has 142 valence electrons. The Balaban J connectivity index is 1.35. The molecule has 1 aromatic heterocycles. The molecule has 2 amide bonds. The molecule has 4 heterocycles. The quantitative estimate of drug-likeness (QED) is 0.802. The molecule has 3 saturated heterocycles. The lowest BCUT2D eigenvalue weighted by atomic mass is 9.72. The van der Waals surface area contributed by atoms with Gasteiger partial charge in [-0.2, -0.15) is 0 Å². The summed E-state index contributed by atoms with van der Waals surface area (Å²) >= 11 is 0. The maximum absolute atomic E-state index is 12.5. The lowest BCUT2D eigenvalue weighted by molar-refractivity contribution is -0.145. The zero-order chi connectivity index (χ0) is 18.1. The minimum Gasteiger partial charge on any atom is -0.341 e. The average molecular weight is 359 g/mol. The van der Waals surface area contributed by atoms with Gasteiger partial charge in [0.05, 0.1) is 6.33 Å². The van der Waals surface area contributed by atoms with Gasteiger partial charge in [-0.15, -0.1) is 0 Å². The van der Waals surface area contributed by atoms with E-state index in [4.69, 9.17) is 0 Å². The van der Waals surface area contributed by atoms with Crippen molar-refractivity contribution in [3.63, 3.8) is 0 Å². The molecule has 0 N–H and O–H groups in total. The van der Waals surface area contributed by atoms with Crippen LogP contribution in [-0.4, -0.2) is 81.9 Å². The van der Waals surface area contributed by atoms with Crippen LogP contribution in [0, 0.1) is 5.41 Å². The Kier molecular flexibility index (Phi) is 4.73.